The molecule has 0 saturated carbocycles. The van der Waals surface area contributed by atoms with Gasteiger partial charge in [-0.2, -0.15) is 0 Å². The van der Waals surface area contributed by atoms with Crippen molar-refractivity contribution in [2.45, 2.75) is 36.6 Å². The molecule has 3 aromatic rings. The number of amides is 1. The molecule has 4 rings (SSSR count). The standard InChI is InChI=1S/C22H21NO4S/c1-3-22(17-8-5-4-6-9-17)20(19-10-7-15-27-19)23(21(22)24)28(25,26)18-13-11-16(2)12-14-18/h4-15,20H,3H2,1-2H3/t20-,22+/m0/s1. The average molecular weight is 395 g/mol. The Hall–Kier alpha value is -2.86. The van der Waals surface area contributed by atoms with E-state index >= 15 is 0 Å². The van der Waals surface area contributed by atoms with Crippen LogP contribution in [0.4, 0.5) is 0 Å². The molecule has 1 aliphatic heterocycles. The van der Waals surface area contributed by atoms with Crippen LogP contribution >= 0.6 is 0 Å². The summed E-state index contributed by atoms with van der Waals surface area (Å²) in [4.78, 5) is 13.5. The van der Waals surface area contributed by atoms with Gasteiger partial charge in [-0.1, -0.05) is 55.0 Å². The van der Waals surface area contributed by atoms with Crippen LogP contribution in [0.15, 0.2) is 82.3 Å². The molecule has 0 spiro atoms. The average Bonchev–Trinajstić information content (AvgIpc) is 3.21. The number of carbonyl (C=O) groups excluding carboxylic acids is 1. The second kappa shape index (κ2) is 6.63. The van der Waals surface area contributed by atoms with E-state index in [1.165, 1.54) is 18.4 Å². The lowest BCUT2D eigenvalue weighted by atomic mass is 9.65. The van der Waals surface area contributed by atoms with E-state index in [9.17, 15) is 13.2 Å². The summed E-state index contributed by atoms with van der Waals surface area (Å²) >= 11 is 0. The zero-order chi connectivity index (χ0) is 19.9. The van der Waals surface area contributed by atoms with Gasteiger partial charge in [0.15, 0.2) is 0 Å². The van der Waals surface area contributed by atoms with Crippen LogP contribution in [0.2, 0.25) is 0 Å². The predicted molar refractivity (Wildman–Crippen MR) is 105 cm³/mol. The molecule has 5 nitrogen and oxygen atoms in total. The third-order valence-corrected chi connectivity index (χ3v) is 7.28. The van der Waals surface area contributed by atoms with Gasteiger partial charge in [0.05, 0.1) is 11.2 Å². The van der Waals surface area contributed by atoms with Crippen LogP contribution in [0.5, 0.6) is 0 Å². The monoisotopic (exact) mass is 395 g/mol. The van der Waals surface area contributed by atoms with Crippen molar-refractivity contribution in [2.24, 2.45) is 0 Å². The van der Waals surface area contributed by atoms with Gasteiger partial charge < -0.3 is 4.42 Å². The summed E-state index contributed by atoms with van der Waals surface area (Å²) < 4.78 is 33.2. The van der Waals surface area contributed by atoms with Crippen LogP contribution in [0, 0.1) is 6.92 Å². The molecule has 0 N–H and O–H groups in total. The summed E-state index contributed by atoms with van der Waals surface area (Å²) in [5, 5.41) is 0. The molecule has 144 valence electrons. The lowest BCUT2D eigenvalue weighted by Gasteiger charge is -2.53. The summed E-state index contributed by atoms with van der Waals surface area (Å²) in [7, 11) is -4.01. The fraction of sp³-hybridized carbons (Fsp3) is 0.227. The second-order valence-electron chi connectivity index (χ2n) is 7.03. The minimum atomic E-state index is -4.01. The maximum atomic E-state index is 13.4. The number of aryl methyl sites for hydroxylation is 1. The van der Waals surface area contributed by atoms with Gasteiger partial charge in [-0.15, -0.1) is 0 Å². The van der Waals surface area contributed by atoms with Crippen molar-refractivity contribution in [3.8, 4) is 0 Å². The first-order chi connectivity index (χ1) is 13.4. The molecule has 0 unspecified atom stereocenters. The maximum absolute atomic E-state index is 13.4. The molecule has 1 amide bonds. The van der Waals surface area contributed by atoms with Crippen molar-refractivity contribution in [1.82, 2.24) is 4.31 Å². The highest BCUT2D eigenvalue weighted by Gasteiger charge is 2.66. The Morgan fingerprint density at radius 1 is 1.00 bits per heavy atom. The molecule has 28 heavy (non-hydrogen) atoms. The highest BCUT2D eigenvalue weighted by Crippen LogP contribution is 2.56. The molecule has 1 fully saturated rings. The number of β-lactam (4-membered cyclic amide) rings is 1. The van der Waals surface area contributed by atoms with E-state index < -0.39 is 27.4 Å². The molecular weight excluding hydrogens is 374 g/mol. The first kappa shape index (κ1) is 18.5. The lowest BCUT2D eigenvalue weighted by Crippen LogP contribution is -2.67. The van der Waals surface area contributed by atoms with Crippen LogP contribution < -0.4 is 0 Å². The number of benzene rings is 2. The van der Waals surface area contributed by atoms with Crippen LogP contribution in [0.1, 0.15) is 36.3 Å². The summed E-state index contributed by atoms with van der Waals surface area (Å²) in [6.07, 6.45) is 1.96. The molecule has 2 heterocycles. The Bertz CT molecular complexity index is 1090. The Morgan fingerprint density at radius 2 is 1.68 bits per heavy atom. The van der Waals surface area contributed by atoms with E-state index in [-0.39, 0.29) is 4.90 Å². The molecule has 0 bridgehead atoms. The van der Waals surface area contributed by atoms with Crippen LogP contribution in [0.25, 0.3) is 0 Å². The Kier molecular flexibility index (Phi) is 4.38. The highest BCUT2D eigenvalue weighted by molar-refractivity contribution is 7.89. The predicted octanol–water partition coefficient (Wildman–Crippen LogP) is 4.21. The summed E-state index contributed by atoms with van der Waals surface area (Å²) in [5.74, 6) is 0.0316. The molecule has 6 heteroatoms. The fourth-order valence-corrected chi connectivity index (χ4v) is 5.66. The van der Waals surface area contributed by atoms with Crippen LogP contribution in [0.3, 0.4) is 0 Å². The first-order valence-corrected chi connectivity index (χ1v) is 10.6. The Labute approximate surface area is 164 Å². The number of hydrogen-bond donors (Lipinski definition) is 0. The van der Waals surface area contributed by atoms with Gasteiger partial charge in [-0.3, -0.25) is 4.79 Å². The summed E-state index contributed by atoms with van der Waals surface area (Å²) in [6.45, 7) is 3.78. The number of nitrogens with zero attached hydrogens (tertiary/aromatic N) is 1. The molecular formula is C22H21NO4S. The number of furan rings is 1. The van der Waals surface area contributed by atoms with Gasteiger partial charge in [-0.05, 0) is 43.2 Å². The molecule has 0 aliphatic carbocycles. The number of carbonyl (C=O) groups is 1. The molecule has 2 atom stereocenters. The Balaban J connectivity index is 1.87. The van der Waals surface area contributed by atoms with Crippen molar-refractivity contribution < 1.29 is 17.6 Å². The summed E-state index contributed by atoms with van der Waals surface area (Å²) in [6, 6.07) is 18.5. The summed E-state index contributed by atoms with van der Waals surface area (Å²) in [5.41, 5.74) is 0.763. The van der Waals surface area contributed by atoms with Gasteiger partial charge >= 0.3 is 0 Å². The minimum absolute atomic E-state index is 0.0979. The van der Waals surface area contributed by atoms with Crippen molar-refractivity contribution in [3.63, 3.8) is 0 Å². The SMILES string of the molecule is CC[C@]1(c2ccccc2)C(=O)N(S(=O)(=O)c2ccc(C)cc2)[C@H]1c1ccco1. The lowest BCUT2D eigenvalue weighted by molar-refractivity contribution is -0.152. The van der Waals surface area contributed by atoms with E-state index in [0.717, 1.165) is 15.4 Å². The first-order valence-electron chi connectivity index (χ1n) is 9.17. The van der Waals surface area contributed by atoms with Gasteiger partial charge in [0.2, 0.25) is 5.91 Å². The van der Waals surface area contributed by atoms with Crippen molar-refractivity contribution in [3.05, 3.63) is 89.9 Å². The zero-order valence-corrected chi connectivity index (χ0v) is 16.5. The van der Waals surface area contributed by atoms with Gasteiger partial charge in [0.1, 0.15) is 17.2 Å². The van der Waals surface area contributed by atoms with Crippen molar-refractivity contribution >= 4 is 15.9 Å². The van der Waals surface area contributed by atoms with Crippen LogP contribution in [-0.2, 0) is 20.2 Å². The highest BCUT2D eigenvalue weighted by atomic mass is 32.2. The zero-order valence-electron chi connectivity index (χ0n) is 15.7. The minimum Gasteiger partial charge on any atom is -0.467 e. The third-order valence-electron chi connectivity index (χ3n) is 5.52. The van der Waals surface area contributed by atoms with Gasteiger partial charge in [-0.25, -0.2) is 12.7 Å². The number of sulfonamides is 1. The van der Waals surface area contributed by atoms with E-state index in [0.29, 0.717) is 12.2 Å². The fourth-order valence-electron chi connectivity index (χ4n) is 4.01. The molecule has 0 radical (unpaired) electrons. The molecule has 1 aliphatic rings. The van der Waals surface area contributed by atoms with E-state index in [4.69, 9.17) is 4.42 Å². The second-order valence-corrected chi connectivity index (χ2v) is 8.84. The maximum Gasteiger partial charge on any atom is 0.267 e. The third kappa shape index (κ3) is 2.52. The van der Waals surface area contributed by atoms with Crippen LogP contribution in [-0.4, -0.2) is 18.6 Å². The molecule has 1 saturated heterocycles. The van der Waals surface area contributed by atoms with E-state index in [2.05, 4.69) is 0 Å². The number of hydrogen-bond acceptors (Lipinski definition) is 4. The molecule has 2 aromatic carbocycles. The molecule has 1 aromatic heterocycles. The van der Waals surface area contributed by atoms with Crippen molar-refractivity contribution in [2.75, 3.05) is 0 Å². The quantitative estimate of drug-likeness (QED) is 0.607. The largest absolute Gasteiger partial charge is 0.467 e. The normalized spacial score (nSPS) is 22.1. The van der Waals surface area contributed by atoms with Gasteiger partial charge in [0.25, 0.3) is 10.0 Å². The van der Waals surface area contributed by atoms with E-state index in [1.54, 1.807) is 24.3 Å². The van der Waals surface area contributed by atoms with E-state index in [1.807, 2.05) is 44.2 Å². The van der Waals surface area contributed by atoms with Gasteiger partial charge in [0, 0.05) is 0 Å². The topological polar surface area (TPSA) is 67.6 Å². The van der Waals surface area contributed by atoms with Crippen molar-refractivity contribution in [1.29, 1.82) is 0 Å². The number of rotatable bonds is 5. The smallest absolute Gasteiger partial charge is 0.267 e. The Morgan fingerprint density at radius 3 is 2.25 bits per heavy atom.